The smallest absolute Gasteiger partial charge is 0.229 e. The van der Waals surface area contributed by atoms with Gasteiger partial charge in [0.15, 0.2) is 5.82 Å². The maximum absolute atomic E-state index is 9.78. The van der Waals surface area contributed by atoms with Gasteiger partial charge in [-0.05, 0) is 38.5 Å². The normalized spacial score (nSPS) is 16.8. The highest BCUT2D eigenvalue weighted by Crippen LogP contribution is 2.32. The van der Waals surface area contributed by atoms with Crippen LogP contribution in [0.25, 0.3) is 16.7 Å². The molecule has 1 saturated heterocycles. The van der Waals surface area contributed by atoms with Crippen LogP contribution in [0.2, 0.25) is 5.02 Å². The van der Waals surface area contributed by atoms with E-state index in [2.05, 4.69) is 29.9 Å². The van der Waals surface area contributed by atoms with Gasteiger partial charge in [0.1, 0.15) is 0 Å². The number of hydrogen-bond acceptors (Lipinski definition) is 6. The lowest BCUT2D eigenvalue weighted by Crippen LogP contribution is -2.21. The standard InChI is InChI=1S/C23H26ClN7O/c1-14-16(11-30-9-7-18(32)13-30)12-31(28-14)21-6-8-25-23(27-21)26-17-4-5-20-19(10-17)22(24)15(2)29(20)3/h4-6,8,10,12,18,32H,7,9,11,13H2,1-3H3,(H,25,26,27)/t18-/m0/s1. The van der Waals surface area contributed by atoms with Crippen LogP contribution in [0.5, 0.6) is 0 Å². The third-order valence-electron chi connectivity index (χ3n) is 6.19. The number of aromatic nitrogens is 5. The molecule has 0 radical (unpaired) electrons. The van der Waals surface area contributed by atoms with Crippen molar-refractivity contribution in [2.75, 3.05) is 18.4 Å². The molecular weight excluding hydrogens is 426 g/mol. The van der Waals surface area contributed by atoms with Crippen LogP contribution in [-0.4, -0.2) is 53.5 Å². The summed E-state index contributed by atoms with van der Waals surface area (Å²) < 4.78 is 3.86. The van der Waals surface area contributed by atoms with Crippen molar-refractivity contribution in [1.82, 2.24) is 29.2 Å². The molecule has 4 heterocycles. The molecule has 1 atom stereocenters. The lowest BCUT2D eigenvalue weighted by Gasteiger charge is -2.13. The van der Waals surface area contributed by atoms with Crippen LogP contribution in [0.15, 0.2) is 36.7 Å². The van der Waals surface area contributed by atoms with Gasteiger partial charge in [0.2, 0.25) is 5.95 Å². The predicted octanol–water partition coefficient (Wildman–Crippen LogP) is 3.73. The van der Waals surface area contributed by atoms with Gasteiger partial charge in [-0.1, -0.05) is 11.6 Å². The van der Waals surface area contributed by atoms with Crippen molar-refractivity contribution < 1.29 is 5.11 Å². The fourth-order valence-electron chi connectivity index (χ4n) is 4.24. The number of rotatable bonds is 5. The highest BCUT2D eigenvalue weighted by Gasteiger charge is 2.21. The Morgan fingerprint density at radius 2 is 2.09 bits per heavy atom. The summed E-state index contributed by atoms with van der Waals surface area (Å²) in [6.07, 6.45) is 4.32. The van der Waals surface area contributed by atoms with E-state index in [9.17, 15) is 5.11 Å². The van der Waals surface area contributed by atoms with Crippen molar-refractivity contribution >= 4 is 34.1 Å². The minimum absolute atomic E-state index is 0.227. The first-order valence-corrected chi connectivity index (χ1v) is 11.1. The zero-order valence-electron chi connectivity index (χ0n) is 18.4. The van der Waals surface area contributed by atoms with E-state index in [-0.39, 0.29) is 6.10 Å². The van der Waals surface area contributed by atoms with E-state index in [0.29, 0.717) is 18.3 Å². The van der Waals surface area contributed by atoms with Crippen LogP contribution in [0.3, 0.4) is 0 Å². The number of β-amino-alcohol motifs (C(OH)–C–C–N with tert-alkyl or cyclic N) is 1. The summed E-state index contributed by atoms with van der Waals surface area (Å²) in [7, 11) is 2.01. The van der Waals surface area contributed by atoms with Gasteiger partial charge in [0.05, 0.1) is 16.8 Å². The Kier molecular flexibility index (Phi) is 5.36. The molecule has 0 bridgehead atoms. The van der Waals surface area contributed by atoms with Crippen LogP contribution in [0.4, 0.5) is 11.6 Å². The van der Waals surface area contributed by atoms with Gasteiger partial charge in [0.25, 0.3) is 0 Å². The number of likely N-dealkylation sites (tertiary alicyclic amines) is 1. The molecular formula is C23H26ClN7O. The number of anilines is 2. The minimum atomic E-state index is -0.227. The van der Waals surface area contributed by atoms with Crippen molar-refractivity contribution in [2.24, 2.45) is 7.05 Å². The molecule has 0 unspecified atom stereocenters. The molecule has 8 nitrogen and oxygen atoms in total. The van der Waals surface area contributed by atoms with E-state index in [1.165, 1.54) is 0 Å². The first kappa shape index (κ1) is 20.9. The van der Waals surface area contributed by atoms with Crippen molar-refractivity contribution in [2.45, 2.75) is 32.9 Å². The lowest BCUT2D eigenvalue weighted by atomic mass is 10.2. The molecule has 0 spiro atoms. The molecule has 0 amide bonds. The van der Waals surface area contributed by atoms with Crippen LogP contribution in [-0.2, 0) is 13.6 Å². The van der Waals surface area contributed by atoms with E-state index in [4.69, 9.17) is 11.6 Å². The van der Waals surface area contributed by atoms with Crippen molar-refractivity contribution in [1.29, 1.82) is 0 Å². The summed E-state index contributed by atoms with van der Waals surface area (Å²) in [4.78, 5) is 11.3. The highest BCUT2D eigenvalue weighted by atomic mass is 35.5. The van der Waals surface area contributed by atoms with Gasteiger partial charge < -0.3 is 15.0 Å². The van der Waals surface area contributed by atoms with Crippen molar-refractivity contribution in [3.05, 3.63) is 58.6 Å². The highest BCUT2D eigenvalue weighted by molar-refractivity contribution is 6.36. The summed E-state index contributed by atoms with van der Waals surface area (Å²) in [5.74, 6) is 1.18. The number of aryl methyl sites for hydroxylation is 2. The summed E-state index contributed by atoms with van der Waals surface area (Å²) in [6, 6.07) is 7.89. The second-order valence-corrected chi connectivity index (χ2v) is 8.79. The molecule has 1 aromatic carbocycles. The van der Waals surface area contributed by atoms with Gasteiger partial charge in [0, 0.05) is 73.0 Å². The summed E-state index contributed by atoms with van der Waals surface area (Å²) in [5.41, 5.74) is 5.07. The van der Waals surface area contributed by atoms with Gasteiger partial charge in [-0.25, -0.2) is 9.67 Å². The molecule has 1 aliphatic heterocycles. The van der Waals surface area contributed by atoms with Gasteiger partial charge in [-0.2, -0.15) is 10.1 Å². The molecule has 0 saturated carbocycles. The number of benzene rings is 1. The zero-order valence-corrected chi connectivity index (χ0v) is 19.1. The molecule has 166 valence electrons. The fourth-order valence-corrected chi connectivity index (χ4v) is 4.51. The molecule has 5 rings (SSSR count). The van der Waals surface area contributed by atoms with E-state index in [1.54, 1.807) is 10.9 Å². The number of aliphatic hydroxyl groups excluding tert-OH is 1. The number of halogens is 1. The first-order valence-electron chi connectivity index (χ1n) is 10.7. The van der Waals surface area contributed by atoms with Crippen LogP contribution in [0.1, 0.15) is 23.4 Å². The van der Waals surface area contributed by atoms with Gasteiger partial charge in [-0.15, -0.1) is 0 Å². The topological polar surface area (TPSA) is 84.0 Å². The third kappa shape index (κ3) is 3.85. The number of hydrogen-bond donors (Lipinski definition) is 2. The van der Waals surface area contributed by atoms with Crippen molar-refractivity contribution in [3.8, 4) is 5.82 Å². The van der Waals surface area contributed by atoms with E-state index >= 15 is 0 Å². The monoisotopic (exact) mass is 451 g/mol. The molecule has 3 aromatic heterocycles. The van der Waals surface area contributed by atoms with Gasteiger partial charge in [-0.3, -0.25) is 4.90 Å². The average Bonchev–Trinajstić information content (AvgIpc) is 3.42. The SMILES string of the molecule is Cc1nn(-c2ccnc(Nc3ccc4c(c3)c(Cl)c(C)n4C)n2)cc1CN1CC[C@H](O)C1. The van der Waals surface area contributed by atoms with Crippen molar-refractivity contribution in [3.63, 3.8) is 0 Å². The maximum atomic E-state index is 9.78. The molecule has 2 N–H and O–H groups in total. The predicted molar refractivity (Wildman–Crippen MR) is 126 cm³/mol. The summed E-state index contributed by atoms with van der Waals surface area (Å²) in [5, 5.41) is 19.4. The molecule has 1 aliphatic rings. The Labute approximate surface area is 191 Å². The van der Waals surface area contributed by atoms with E-state index in [0.717, 1.165) is 58.1 Å². The number of fused-ring (bicyclic) bond motifs is 1. The Morgan fingerprint density at radius 1 is 1.25 bits per heavy atom. The number of nitrogens with one attached hydrogen (secondary N) is 1. The molecule has 9 heteroatoms. The van der Waals surface area contributed by atoms with E-state index < -0.39 is 0 Å². The fraction of sp³-hybridized carbons (Fsp3) is 0.348. The second kappa shape index (κ2) is 8.20. The van der Waals surface area contributed by atoms with Crippen LogP contribution < -0.4 is 5.32 Å². The van der Waals surface area contributed by atoms with Gasteiger partial charge >= 0.3 is 0 Å². The number of aliphatic hydroxyl groups is 1. The quantitative estimate of drug-likeness (QED) is 0.481. The molecule has 4 aromatic rings. The second-order valence-electron chi connectivity index (χ2n) is 8.42. The molecule has 1 fully saturated rings. The lowest BCUT2D eigenvalue weighted by molar-refractivity contribution is 0.174. The first-order chi connectivity index (χ1) is 15.4. The molecule has 32 heavy (non-hydrogen) atoms. The van der Waals surface area contributed by atoms with Crippen LogP contribution in [0, 0.1) is 13.8 Å². The Bertz CT molecular complexity index is 1300. The summed E-state index contributed by atoms with van der Waals surface area (Å²) >= 11 is 6.50. The molecule has 0 aliphatic carbocycles. The Hall–Kier alpha value is -2.94. The van der Waals surface area contributed by atoms with Crippen LogP contribution >= 0.6 is 11.6 Å². The summed E-state index contributed by atoms with van der Waals surface area (Å²) in [6.45, 7) is 6.40. The zero-order chi connectivity index (χ0) is 22.4. The number of nitrogens with zero attached hydrogens (tertiary/aromatic N) is 6. The third-order valence-corrected chi connectivity index (χ3v) is 6.67. The largest absolute Gasteiger partial charge is 0.392 e. The average molecular weight is 452 g/mol. The minimum Gasteiger partial charge on any atom is -0.392 e. The Morgan fingerprint density at radius 3 is 2.88 bits per heavy atom. The Balaban J connectivity index is 1.38. The van der Waals surface area contributed by atoms with E-state index in [1.807, 2.05) is 51.4 Å². The maximum Gasteiger partial charge on any atom is 0.229 e.